The number of anilines is 1. The first-order valence-electron chi connectivity index (χ1n) is 10.3. The smallest absolute Gasteiger partial charge is 0.416 e. The summed E-state index contributed by atoms with van der Waals surface area (Å²) in [6.07, 6.45) is -3.77. The van der Waals surface area contributed by atoms with Gasteiger partial charge >= 0.3 is 6.18 Å². The van der Waals surface area contributed by atoms with Crippen LogP contribution >= 0.6 is 0 Å². The molecule has 6 heteroatoms. The number of alkyl halides is 3. The number of hydrogen-bond donors (Lipinski definition) is 1. The van der Waals surface area contributed by atoms with Crippen LogP contribution in [0.4, 0.5) is 18.9 Å². The quantitative estimate of drug-likeness (QED) is 0.518. The van der Waals surface area contributed by atoms with E-state index in [2.05, 4.69) is 17.9 Å². The van der Waals surface area contributed by atoms with Crippen molar-refractivity contribution in [3.63, 3.8) is 0 Å². The molecule has 3 nitrogen and oxygen atoms in total. The lowest BCUT2D eigenvalue weighted by atomic mass is 10.0. The van der Waals surface area contributed by atoms with E-state index in [1.165, 1.54) is 17.7 Å². The fraction of sp³-hybridized carbons (Fsp3) is 0.280. The zero-order valence-corrected chi connectivity index (χ0v) is 17.3. The van der Waals surface area contributed by atoms with Crippen molar-refractivity contribution < 1.29 is 17.9 Å². The van der Waals surface area contributed by atoms with Crippen LogP contribution < -0.4 is 10.5 Å². The van der Waals surface area contributed by atoms with E-state index in [4.69, 9.17) is 10.5 Å². The van der Waals surface area contributed by atoms with Gasteiger partial charge < -0.3 is 10.5 Å². The van der Waals surface area contributed by atoms with E-state index in [9.17, 15) is 13.2 Å². The van der Waals surface area contributed by atoms with Crippen molar-refractivity contribution in [1.29, 1.82) is 0 Å². The van der Waals surface area contributed by atoms with Crippen molar-refractivity contribution in [2.75, 3.05) is 18.8 Å². The van der Waals surface area contributed by atoms with Gasteiger partial charge in [0.15, 0.2) is 0 Å². The number of nitrogens with two attached hydrogens (primary N) is 1. The normalized spacial score (nSPS) is 18.1. The van der Waals surface area contributed by atoms with E-state index < -0.39 is 11.7 Å². The van der Waals surface area contributed by atoms with Crippen LogP contribution in [0.25, 0.3) is 0 Å². The second-order valence-corrected chi connectivity index (χ2v) is 7.92. The van der Waals surface area contributed by atoms with Crippen LogP contribution in [-0.2, 0) is 12.6 Å². The molecule has 0 saturated carbocycles. The maximum absolute atomic E-state index is 12.9. The van der Waals surface area contributed by atoms with Gasteiger partial charge in [0.2, 0.25) is 0 Å². The topological polar surface area (TPSA) is 38.5 Å². The van der Waals surface area contributed by atoms with Gasteiger partial charge in [0.1, 0.15) is 11.9 Å². The zero-order valence-electron chi connectivity index (χ0n) is 17.3. The van der Waals surface area contributed by atoms with Crippen molar-refractivity contribution in [2.45, 2.75) is 31.7 Å². The number of benzene rings is 3. The molecule has 31 heavy (non-hydrogen) atoms. The minimum atomic E-state index is -4.36. The number of ether oxygens (including phenoxy) is 1. The van der Waals surface area contributed by atoms with Crippen molar-refractivity contribution in [1.82, 2.24) is 4.90 Å². The number of halogens is 3. The Balaban J connectivity index is 1.59. The average Bonchev–Trinajstić information content (AvgIpc) is 2.93. The predicted octanol–water partition coefficient (Wildman–Crippen LogP) is 6.03. The first-order chi connectivity index (χ1) is 14.8. The van der Waals surface area contributed by atoms with E-state index in [1.807, 2.05) is 42.5 Å². The van der Waals surface area contributed by atoms with Crippen LogP contribution in [-0.4, -0.2) is 18.0 Å². The number of nitrogen functional groups attached to an aromatic ring is 1. The molecular weight excluding hydrogens is 401 g/mol. The molecule has 162 valence electrons. The molecule has 2 unspecified atom stereocenters. The molecule has 1 aliphatic rings. The minimum absolute atomic E-state index is 0.147. The molecule has 4 rings (SSSR count). The van der Waals surface area contributed by atoms with E-state index in [0.717, 1.165) is 41.9 Å². The summed E-state index contributed by atoms with van der Waals surface area (Å²) in [4.78, 5) is 2.35. The summed E-state index contributed by atoms with van der Waals surface area (Å²) in [6.45, 7) is 3.63. The molecule has 0 fully saturated rings. The van der Waals surface area contributed by atoms with Gasteiger partial charge in [0, 0.05) is 24.8 Å². The molecule has 3 aromatic carbocycles. The monoisotopic (exact) mass is 426 g/mol. The van der Waals surface area contributed by atoms with Crippen LogP contribution in [0, 0.1) is 0 Å². The highest BCUT2D eigenvalue weighted by Gasteiger charge is 2.31. The number of fused-ring (bicyclic) bond motifs is 1. The van der Waals surface area contributed by atoms with Crippen LogP contribution in [0.3, 0.4) is 0 Å². The van der Waals surface area contributed by atoms with Crippen LogP contribution in [0.2, 0.25) is 0 Å². The SMILES string of the molecule is CC(c1ccc(N)cc1)N1CCc2ccccc2C(Oc2ccc(C(F)(F)F)cc2)C1. The standard InChI is InChI=1S/C25H25F3N2O/c1-17(18-6-10-21(29)11-7-18)30-15-14-19-4-2-3-5-23(19)24(16-30)31-22-12-8-20(9-13-22)25(26,27)28/h2-13,17,24H,14-16,29H2,1H3. The van der Waals surface area contributed by atoms with E-state index in [1.54, 1.807) is 0 Å². The van der Waals surface area contributed by atoms with Gasteiger partial charge in [0.05, 0.1) is 5.56 Å². The third-order valence-corrected chi connectivity index (χ3v) is 5.90. The number of nitrogens with zero attached hydrogens (tertiary/aromatic N) is 1. The molecule has 3 aromatic rings. The summed E-state index contributed by atoms with van der Waals surface area (Å²) in [6, 6.07) is 21.0. The highest BCUT2D eigenvalue weighted by molar-refractivity contribution is 5.40. The molecule has 2 N–H and O–H groups in total. The van der Waals surface area contributed by atoms with Crippen LogP contribution in [0.15, 0.2) is 72.8 Å². The largest absolute Gasteiger partial charge is 0.484 e. The fourth-order valence-corrected chi connectivity index (χ4v) is 4.07. The number of hydrogen-bond acceptors (Lipinski definition) is 3. The summed E-state index contributed by atoms with van der Waals surface area (Å²) in [5, 5.41) is 0. The van der Waals surface area contributed by atoms with Gasteiger partial charge in [-0.2, -0.15) is 13.2 Å². The molecule has 0 spiro atoms. The van der Waals surface area contributed by atoms with Crippen LogP contribution in [0.1, 0.15) is 41.3 Å². The first kappa shape index (κ1) is 21.2. The van der Waals surface area contributed by atoms with Gasteiger partial charge in [-0.25, -0.2) is 0 Å². The Morgan fingerprint density at radius 1 is 0.968 bits per heavy atom. The third-order valence-electron chi connectivity index (χ3n) is 5.90. The molecule has 1 heterocycles. The maximum atomic E-state index is 12.9. The Bertz CT molecular complexity index is 1020. The van der Waals surface area contributed by atoms with Crippen LogP contribution in [0.5, 0.6) is 5.75 Å². The summed E-state index contributed by atoms with van der Waals surface area (Å²) in [5.74, 6) is 0.426. The lowest BCUT2D eigenvalue weighted by Gasteiger charge is -2.31. The van der Waals surface area contributed by atoms with Crippen molar-refractivity contribution in [3.8, 4) is 5.75 Å². The molecule has 0 aromatic heterocycles. The van der Waals surface area contributed by atoms with Gasteiger partial charge in [-0.15, -0.1) is 0 Å². The fourth-order valence-electron chi connectivity index (χ4n) is 4.07. The van der Waals surface area contributed by atoms with Crippen molar-refractivity contribution in [2.24, 2.45) is 0 Å². The minimum Gasteiger partial charge on any atom is -0.484 e. The van der Waals surface area contributed by atoms with Crippen molar-refractivity contribution >= 4 is 5.69 Å². The van der Waals surface area contributed by atoms with Crippen molar-refractivity contribution in [3.05, 3.63) is 95.1 Å². The Hall–Kier alpha value is -2.99. The molecule has 0 aliphatic carbocycles. The van der Waals surface area contributed by atoms with E-state index in [0.29, 0.717) is 12.3 Å². The third kappa shape index (κ3) is 4.85. The Morgan fingerprint density at radius 2 is 1.65 bits per heavy atom. The maximum Gasteiger partial charge on any atom is 0.416 e. The van der Waals surface area contributed by atoms with E-state index in [-0.39, 0.29) is 12.1 Å². The molecular formula is C25H25F3N2O. The van der Waals surface area contributed by atoms with Gasteiger partial charge in [-0.1, -0.05) is 36.4 Å². The molecule has 0 bridgehead atoms. The highest BCUT2D eigenvalue weighted by Crippen LogP contribution is 2.34. The summed E-state index contributed by atoms with van der Waals surface area (Å²) < 4.78 is 44.9. The van der Waals surface area contributed by atoms with Gasteiger partial charge in [-0.05, 0) is 66.4 Å². The summed E-state index contributed by atoms with van der Waals surface area (Å²) in [5.41, 5.74) is 9.31. The second-order valence-electron chi connectivity index (χ2n) is 7.92. The first-order valence-corrected chi connectivity index (χ1v) is 10.3. The zero-order chi connectivity index (χ0) is 22.0. The molecule has 1 aliphatic heterocycles. The molecule has 0 amide bonds. The highest BCUT2D eigenvalue weighted by atomic mass is 19.4. The molecule has 2 atom stereocenters. The van der Waals surface area contributed by atoms with Gasteiger partial charge in [0.25, 0.3) is 0 Å². The summed E-state index contributed by atoms with van der Waals surface area (Å²) in [7, 11) is 0. The Morgan fingerprint density at radius 3 is 2.32 bits per heavy atom. The van der Waals surface area contributed by atoms with Gasteiger partial charge in [-0.3, -0.25) is 4.90 Å². The lowest BCUT2D eigenvalue weighted by molar-refractivity contribution is -0.137. The average molecular weight is 426 g/mol. The molecule has 0 saturated heterocycles. The Labute approximate surface area is 180 Å². The summed E-state index contributed by atoms with van der Waals surface area (Å²) >= 11 is 0. The lowest BCUT2D eigenvalue weighted by Crippen LogP contribution is -2.32. The second kappa shape index (κ2) is 8.63. The number of rotatable bonds is 4. The molecule has 0 radical (unpaired) electrons. The predicted molar refractivity (Wildman–Crippen MR) is 116 cm³/mol. The van der Waals surface area contributed by atoms with E-state index >= 15 is 0 Å². The Kier molecular flexibility index (Phi) is 5.92.